The van der Waals surface area contributed by atoms with Crippen LogP contribution in [-0.2, 0) is 0 Å². The van der Waals surface area contributed by atoms with Crippen molar-refractivity contribution >= 4 is 33.3 Å². The van der Waals surface area contributed by atoms with Crippen molar-refractivity contribution in [2.75, 3.05) is 19.5 Å². The number of amides is 1. The highest BCUT2D eigenvalue weighted by molar-refractivity contribution is 6.05. The molecule has 37 heavy (non-hydrogen) atoms. The van der Waals surface area contributed by atoms with E-state index in [0.717, 1.165) is 16.2 Å². The maximum absolute atomic E-state index is 13.9. The van der Waals surface area contributed by atoms with E-state index in [1.807, 2.05) is 6.07 Å². The lowest BCUT2D eigenvalue weighted by Gasteiger charge is -2.13. The molecule has 0 aliphatic rings. The topological polar surface area (TPSA) is 69.7 Å². The molecule has 1 amide bonds. The Labute approximate surface area is 209 Å². The van der Waals surface area contributed by atoms with E-state index in [9.17, 15) is 18.0 Å². The first-order chi connectivity index (χ1) is 17.9. The molecule has 4 aromatic carbocycles. The van der Waals surface area contributed by atoms with Crippen molar-refractivity contribution < 1.29 is 32.2 Å². The summed E-state index contributed by atoms with van der Waals surface area (Å²) in [4.78, 5) is 16.8. The molecule has 1 heterocycles. The van der Waals surface area contributed by atoms with Gasteiger partial charge in [-0.05, 0) is 47.2 Å². The fourth-order valence-electron chi connectivity index (χ4n) is 3.98. The molecule has 0 saturated heterocycles. The second-order valence-corrected chi connectivity index (χ2v) is 8.06. The molecule has 0 bridgehead atoms. The van der Waals surface area contributed by atoms with E-state index in [-0.39, 0.29) is 0 Å². The van der Waals surface area contributed by atoms with Crippen molar-refractivity contribution in [3.63, 3.8) is 0 Å². The molecule has 0 aliphatic carbocycles. The molecule has 1 aromatic heterocycles. The number of fused-ring (bicyclic) bond motifs is 2. The van der Waals surface area contributed by atoms with Gasteiger partial charge in [0, 0.05) is 35.5 Å². The average Bonchev–Trinajstić information content (AvgIpc) is 2.87. The summed E-state index contributed by atoms with van der Waals surface area (Å²) >= 11 is 0. The Hall–Kier alpha value is -4.79. The summed E-state index contributed by atoms with van der Waals surface area (Å²) in [5, 5.41) is 4.72. The lowest BCUT2D eigenvalue weighted by Crippen LogP contribution is -2.16. The minimum Gasteiger partial charge on any atom is -0.493 e. The molecule has 6 nitrogen and oxygen atoms in total. The summed E-state index contributed by atoms with van der Waals surface area (Å²) in [7, 11) is 3.10. The number of benzene rings is 4. The average molecular weight is 504 g/mol. The largest absolute Gasteiger partial charge is 0.493 e. The normalized spacial score (nSPS) is 10.9. The van der Waals surface area contributed by atoms with Gasteiger partial charge in [-0.3, -0.25) is 9.78 Å². The molecule has 5 rings (SSSR count). The van der Waals surface area contributed by atoms with Crippen LogP contribution in [0.4, 0.5) is 18.9 Å². The monoisotopic (exact) mass is 504 g/mol. The van der Waals surface area contributed by atoms with Gasteiger partial charge in [0.05, 0.1) is 19.7 Å². The first kappa shape index (κ1) is 23.9. The van der Waals surface area contributed by atoms with Crippen LogP contribution in [0.5, 0.6) is 23.0 Å². The second kappa shape index (κ2) is 9.69. The van der Waals surface area contributed by atoms with Crippen LogP contribution in [0.15, 0.2) is 72.9 Å². The summed E-state index contributed by atoms with van der Waals surface area (Å²) in [6.07, 6.45) is 1.63. The summed E-state index contributed by atoms with van der Waals surface area (Å²) in [5.41, 5.74) is 0.130. The highest BCUT2D eigenvalue weighted by Gasteiger charge is 2.19. The van der Waals surface area contributed by atoms with Crippen LogP contribution in [0, 0.1) is 17.5 Å². The predicted octanol–water partition coefficient (Wildman–Crippen LogP) is 6.87. The van der Waals surface area contributed by atoms with Crippen LogP contribution in [0.2, 0.25) is 0 Å². The van der Waals surface area contributed by atoms with Gasteiger partial charge < -0.3 is 19.5 Å². The molecular weight excluding hydrogens is 485 g/mol. The van der Waals surface area contributed by atoms with Gasteiger partial charge in [-0.2, -0.15) is 0 Å². The van der Waals surface area contributed by atoms with Gasteiger partial charge in [-0.1, -0.05) is 12.1 Å². The Morgan fingerprint density at radius 2 is 1.46 bits per heavy atom. The molecule has 9 heteroatoms. The highest BCUT2D eigenvalue weighted by atomic mass is 19.1. The standard InChI is InChI=1S/C28H19F3N2O4/c1-35-25-13-20-23(14-26(25)36-2)32-8-7-24(20)37-19-6-4-15-9-18(5-3-16(15)10-19)33-28(34)27-21(30)11-17(29)12-22(27)31/h3-14H,1-2H3,(H,33,34). The minimum absolute atomic E-state index is 0.315. The third kappa shape index (κ3) is 4.71. The molecule has 0 unspecified atom stereocenters. The zero-order valence-corrected chi connectivity index (χ0v) is 19.6. The quantitative estimate of drug-likeness (QED) is 0.273. The van der Waals surface area contributed by atoms with E-state index >= 15 is 0 Å². The molecule has 0 fully saturated rings. The lowest BCUT2D eigenvalue weighted by atomic mass is 10.1. The van der Waals surface area contributed by atoms with Gasteiger partial charge in [-0.25, -0.2) is 13.2 Å². The summed E-state index contributed by atoms with van der Waals surface area (Å²) < 4.78 is 57.9. The van der Waals surface area contributed by atoms with Crippen molar-refractivity contribution in [1.82, 2.24) is 4.98 Å². The fraction of sp³-hybridized carbons (Fsp3) is 0.0714. The van der Waals surface area contributed by atoms with Crippen LogP contribution >= 0.6 is 0 Å². The first-order valence-electron chi connectivity index (χ1n) is 11.0. The van der Waals surface area contributed by atoms with Crippen molar-refractivity contribution in [1.29, 1.82) is 0 Å². The Balaban J connectivity index is 1.41. The number of rotatable bonds is 6. The van der Waals surface area contributed by atoms with Crippen molar-refractivity contribution in [2.45, 2.75) is 0 Å². The number of nitrogens with zero attached hydrogens (tertiary/aromatic N) is 1. The number of hydrogen-bond acceptors (Lipinski definition) is 5. The van der Waals surface area contributed by atoms with Gasteiger partial charge in [0.25, 0.3) is 5.91 Å². The van der Waals surface area contributed by atoms with Gasteiger partial charge in [0.15, 0.2) is 11.5 Å². The Morgan fingerprint density at radius 1 is 0.784 bits per heavy atom. The number of hydrogen-bond donors (Lipinski definition) is 1. The molecule has 0 atom stereocenters. The minimum atomic E-state index is -1.28. The fourth-order valence-corrected chi connectivity index (χ4v) is 3.98. The van der Waals surface area contributed by atoms with Crippen LogP contribution in [0.1, 0.15) is 10.4 Å². The third-order valence-corrected chi connectivity index (χ3v) is 5.74. The first-order valence-corrected chi connectivity index (χ1v) is 11.0. The maximum atomic E-state index is 13.9. The summed E-state index contributed by atoms with van der Waals surface area (Å²) in [6.45, 7) is 0. The second-order valence-electron chi connectivity index (χ2n) is 8.06. The highest BCUT2D eigenvalue weighted by Crippen LogP contribution is 2.37. The molecule has 0 aliphatic heterocycles. The number of pyridine rings is 1. The van der Waals surface area contributed by atoms with Crippen LogP contribution in [0.25, 0.3) is 21.7 Å². The number of carbonyl (C=O) groups is 1. The van der Waals surface area contributed by atoms with Crippen LogP contribution in [-0.4, -0.2) is 25.1 Å². The SMILES string of the molecule is COc1cc2nccc(Oc3ccc4cc(NC(=O)c5c(F)cc(F)cc5F)ccc4c3)c2cc1OC. The van der Waals surface area contributed by atoms with Crippen molar-refractivity contribution in [3.05, 3.63) is 95.9 Å². The van der Waals surface area contributed by atoms with Crippen LogP contribution < -0.4 is 19.5 Å². The van der Waals surface area contributed by atoms with E-state index in [1.54, 1.807) is 68.9 Å². The lowest BCUT2D eigenvalue weighted by molar-refractivity contribution is 0.101. The number of halogens is 3. The van der Waals surface area contributed by atoms with Gasteiger partial charge in [-0.15, -0.1) is 0 Å². The molecule has 0 radical (unpaired) electrons. The molecule has 0 saturated carbocycles. The van der Waals surface area contributed by atoms with Gasteiger partial charge in [0.2, 0.25) is 0 Å². The van der Waals surface area contributed by atoms with E-state index in [1.165, 1.54) is 0 Å². The maximum Gasteiger partial charge on any atom is 0.261 e. The molecular formula is C28H19F3N2O4. The molecule has 186 valence electrons. The van der Waals surface area contributed by atoms with Crippen molar-refractivity contribution in [2.24, 2.45) is 0 Å². The van der Waals surface area contributed by atoms with Gasteiger partial charge in [0.1, 0.15) is 34.5 Å². The van der Waals surface area contributed by atoms with Crippen LogP contribution in [0.3, 0.4) is 0 Å². The van der Waals surface area contributed by atoms with E-state index < -0.39 is 28.9 Å². The number of methoxy groups -OCH3 is 2. The van der Waals surface area contributed by atoms with E-state index in [4.69, 9.17) is 14.2 Å². The van der Waals surface area contributed by atoms with E-state index in [0.29, 0.717) is 46.3 Å². The Kier molecular flexibility index (Phi) is 6.27. The number of nitrogens with one attached hydrogen (secondary N) is 1. The Morgan fingerprint density at radius 3 is 2.19 bits per heavy atom. The van der Waals surface area contributed by atoms with Gasteiger partial charge >= 0.3 is 0 Å². The third-order valence-electron chi connectivity index (χ3n) is 5.74. The molecule has 0 spiro atoms. The summed E-state index contributed by atoms with van der Waals surface area (Å²) in [5.74, 6) is -2.46. The smallest absolute Gasteiger partial charge is 0.261 e. The summed E-state index contributed by atoms with van der Waals surface area (Å²) in [6, 6.07) is 16.5. The number of anilines is 1. The van der Waals surface area contributed by atoms with Crippen molar-refractivity contribution in [3.8, 4) is 23.0 Å². The van der Waals surface area contributed by atoms with E-state index in [2.05, 4.69) is 10.3 Å². The number of aromatic nitrogens is 1. The Bertz CT molecular complexity index is 1650. The molecule has 1 N–H and O–H groups in total. The number of ether oxygens (including phenoxy) is 3. The molecule has 5 aromatic rings. The number of carbonyl (C=O) groups excluding carboxylic acids is 1. The zero-order chi connectivity index (χ0) is 26.1. The zero-order valence-electron chi connectivity index (χ0n) is 19.6. The predicted molar refractivity (Wildman–Crippen MR) is 133 cm³/mol.